The minimum absolute atomic E-state index is 0.0217. The number of hydrogen-bond donors (Lipinski definition) is 0. The number of carbonyl (C=O) groups is 1. The molecule has 8 nitrogen and oxygen atoms in total. The quantitative estimate of drug-likeness (QED) is 0.359. The number of carbonyl (C=O) groups excluding carboxylic acids is 1. The van der Waals surface area contributed by atoms with Crippen LogP contribution in [0.1, 0.15) is 29.2 Å². The number of piperidine rings is 1. The van der Waals surface area contributed by atoms with Gasteiger partial charge in [0.1, 0.15) is 11.3 Å². The molecule has 3 aromatic heterocycles. The van der Waals surface area contributed by atoms with Crippen molar-refractivity contribution in [1.82, 2.24) is 23.8 Å². The first-order valence-electron chi connectivity index (χ1n) is 10.6. The topological polar surface area (TPSA) is 98.1 Å². The van der Waals surface area contributed by atoms with Gasteiger partial charge in [0.15, 0.2) is 11.9 Å². The van der Waals surface area contributed by atoms with Crippen LogP contribution in [0.15, 0.2) is 59.9 Å². The predicted molar refractivity (Wildman–Crippen MR) is 130 cm³/mol. The van der Waals surface area contributed by atoms with Crippen molar-refractivity contribution in [3.8, 4) is 11.4 Å². The Hall–Kier alpha value is -2.85. The van der Waals surface area contributed by atoms with Crippen LogP contribution in [0.2, 0.25) is 10.0 Å². The molecule has 0 saturated carbocycles. The lowest BCUT2D eigenvalue weighted by Gasteiger charge is -2.32. The van der Waals surface area contributed by atoms with E-state index in [1.54, 1.807) is 18.6 Å². The third kappa shape index (κ3) is 3.98. The van der Waals surface area contributed by atoms with Crippen molar-refractivity contribution >= 4 is 50.7 Å². The lowest BCUT2D eigenvalue weighted by molar-refractivity contribution is 0.112. The molecule has 1 saturated heterocycles. The van der Waals surface area contributed by atoms with Gasteiger partial charge in [-0.3, -0.25) is 9.78 Å². The summed E-state index contributed by atoms with van der Waals surface area (Å²) in [5.41, 5.74) is 2.46. The maximum Gasteiger partial charge on any atom is 0.243 e. The highest BCUT2D eigenvalue weighted by atomic mass is 35.5. The molecule has 0 spiro atoms. The zero-order valence-electron chi connectivity index (χ0n) is 17.8. The summed E-state index contributed by atoms with van der Waals surface area (Å²) in [4.78, 5) is 24.5. The number of pyridine rings is 2. The summed E-state index contributed by atoms with van der Waals surface area (Å²) in [5, 5.41) is 0.593. The number of rotatable bonds is 5. The molecule has 0 unspecified atom stereocenters. The Bertz CT molecular complexity index is 1500. The van der Waals surface area contributed by atoms with E-state index < -0.39 is 10.0 Å². The van der Waals surface area contributed by atoms with Crippen LogP contribution >= 0.6 is 23.2 Å². The SMILES string of the molecule is O=Cc1ccc(S(=O)(=O)N2CCC(n3c(-c4ccncc4Cl)nc4cccnc43)CC2)cc1Cl. The van der Waals surface area contributed by atoms with Gasteiger partial charge in [0.2, 0.25) is 10.0 Å². The largest absolute Gasteiger partial charge is 0.305 e. The molecular weight excluding hydrogens is 497 g/mol. The second-order valence-corrected chi connectivity index (χ2v) is 10.7. The molecule has 0 radical (unpaired) electrons. The second-order valence-electron chi connectivity index (χ2n) is 7.94. The zero-order chi connectivity index (χ0) is 23.9. The fourth-order valence-corrected chi connectivity index (χ4v) is 6.27. The number of imidazole rings is 1. The molecule has 0 aliphatic carbocycles. The van der Waals surface area contributed by atoms with Crippen LogP contribution in [0.5, 0.6) is 0 Å². The summed E-state index contributed by atoms with van der Waals surface area (Å²) in [7, 11) is -3.75. The van der Waals surface area contributed by atoms with Gasteiger partial charge in [-0.05, 0) is 49.2 Å². The van der Waals surface area contributed by atoms with Crippen molar-refractivity contribution in [3.63, 3.8) is 0 Å². The minimum atomic E-state index is -3.75. The Kier molecular flexibility index (Phi) is 6.11. The summed E-state index contributed by atoms with van der Waals surface area (Å²) in [6.07, 6.45) is 6.68. The van der Waals surface area contributed by atoms with Crippen LogP contribution < -0.4 is 0 Å². The van der Waals surface area contributed by atoms with Crippen molar-refractivity contribution < 1.29 is 13.2 Å². The molecule has 5 rings (SSSR count). The average molecular weight is 516 g/mol. The van der Waals surface area contributed by atoms with Crippen molar-refractivity contribution in [2.45, 2.75) is 23.8 Å². The summed E-state index contributed by atoms with van der Waals surface area (Å²) < 4.78 is 29.9. The molecule has 34 heavy (non-hydrogen) atoms. The van der Waals surface area contributed by atoms with Gasteiger partial charge in [-0.25, -0.2) is 18.4 Å². The molecule has 1 aromatic carbocycles. The van der Waals surface area contributed by atoms with Gasteiger partial charge >= 0.3 is 0 Å². The predicted octanol–water partition coefficient (Wildman–Crippen LogP) is 4.64. The molecule has 1 aliphatic heterocycles. The van der Waals surface area contributed by atoms with E-state index in [0.29, 0.717) is 43.1 Å². The molecule has 11 heteroatoms. The smallest absolute Gasteiger partial charge is 0.243 e. The number of aldehydes is 1. The van der Waals surface area contributed by atoms with Gasteiger partial charge in [-0.2, -0.15) is 4.31 Å². The number of sulfonamides is 1. The van der Waals surface area contributed by atoms with Crippen LogP contribution in [-0.2, 0) is 10.0 Å². The molecule has 174 valence electrons. The highest BCUT2D eigenvalue weighted by molar-refractivity contribution is 7.89. The molecule has 1 fully saturated rings. The molecule has 4 heterocycles. The first-order chi connectivity index (χ1) is 16.4. The van der Waals surface area contributed by atoms with Crippen LogP contribution in [0.4, 0.5) is 0 Å². The van der Waals surface area contributed by atoms with E-state index in [1.807, 2.05) is 18.2 Å². The number of halogens is 2. The summed E-state index contributed by atoms with van der Waals surface area (Å²) in [5.74, 6) is 0.679. The summed E-state index contributed by atoms with van der Waals surface area (Å²) in [6.45, 7) is 0.631. The Morgan fingerprint density at radius 3 is 2.53 bits per heavy atom. The van der Waals surface area contributed by atoms with Gasteiger partial charge in [-0.15, -0.1) is 0 Å². The highest BCUT2D eigenvalue weighted by Crippen LogP contribution is 2.36. The van der Waals surface area contributed by atoms with E-state index in [0.717, 1.165) is 16.7 Å². The molecule has 0 atom stereocenters. The number of fused-ring (bicyclic) bond motifs is 1. The first-order valence-corrected chi connectivity index (χ1v) is 12.8. The minimum Gasteiger partial charge on any atom is -0.305 e. The Morgan fingerprint density at radius 1 is 1.03 bits per heavy atom. The molecule has 1 aliphatic rings. The van der Waals surface area contributed by atoms with Crippen LogP contribution in [0, 0.1) is 0 Å². The third-order valence-electron chi connectivity index (χ3n) is 5.99. The molecule has 0 bridgehead atoms. The van der Waals surface area contributed by atoms with Crippen LogP contribution in [-0.4, -0.2) is 51.6 Å². The normalized spacial score (nSPS) is 15.6. The van der Waals surface area contributed by atoms with Crippen molar-refractivity contribution in [3.05, 3.63) is 70.6 Å². The second kappa shape index (κ2) is 9.07. The van der Waals surface area contributed by atoms with E-state index in [-0.39, 0.29) is 21.5 Å². The van der Waals surface area contributed by atoms with E-state index in [4.69, 9.17) is 28.2 Å². The lowest BCUT2D eigenvalue weighted by Crippen LogP contribution is -2.39. The average Bonchev–Trinajstić information content (AvgIpc) is 3.23. The number of benzene rings is 1. The number of aromatic nitrogens is 4. The highest BCUT2D eigenvalue weighted by Gasteiger charge is 2.32. The molecular formula is C23H19Cl2N5O3S. The lowest BCUT2D eigenvalue weighted by atomic mass is 10.1. The Morgan fingerprint density at radius 2 is 1.82 bits per heavy atom. The number of hydrogen-bond acceptors (Lipinski definition) is 6. The fraction of sp³-hybridized carbons (Fsp3) is 0.217. The Balaban J connectivity index is 1.46. The van der Waals surface area contributed by atoms with Gasteiger partial charge < -0.3 is 4.57 Å². The standard InChI is InChI=1S/C23H19Cl2N5O3S/c24-19-12-17(4-3-15(19)14-31)34(32,33)29-10-6-16(7-11-29)30-22(18-5-9-26-13-20(18)25)28-21-2-1-8-27-23(21)30/h1-5,8-9,12-14,16H,6-7,10-11H2. The van der Waals surface area contributed by atoms with Crippen molar-refractivity contribution in [2.24, 2.45) is 0 Å². The fourth-order valence-electron chi connectivity index (χ4n) is 4.28. The monoisotopic (exact) mass is 515 g/mol. The van der Waals surface area contributed by atoms with Gasteiger partial charge in [0.25, 0.3) is 0 Å². The van der Waals surface area contributed by atoms with Crippen LogP contribution in [0.3, 0.4) is 0 Å². The maximum atomic E-state index is 13.2. The molecule has 0 N–H and O–H groups in total. The van der Waals surface area contributed by atoms with E-state index in [9.17, 15) is 13.2 Å². The summed E-state index contributed by atoms with van der Waals surface area (Å²) in [6, 6.07) is 9.66. The third-order valence-corrected chi connectivity index (χ3v) is 8.51. The van der Waals surface area contributed by atoms with E-state index in [2.05, 4.69) is 14.5 Å². The van der Waals surface area contributed by atoms with Gasteiger partial charge in [-0.1, -0.05) is 23.2 Å². The number of nitrogens with zero attached hydrogens (tertiary/aromatic N) is 5. The van der Waals surface area contributed by atoms with Crippen molar-refractivity contribution in [1.29, 1.82) is 0 Å². The van der Waals surface area contributed by atoms with E-state index in [1.165, 1.54) is 22.5 Å². The van der Waals surface area contributed by atoms with Gasteiger partial charge in [0, 0.05) is 48.8 Å². The maximum absolute atomic E-state index is 13.2. The van der Waals surface area contributed by atoms with E-state index >= 15 is 0 Å². The van der Waals surface area contributed by atoms with Crippen molar-refractivity contribution in [2.75, 3.05) is 13.1 Å². The summed E-state index contributed by atoms with van der Waals surface area (Å²) >= 11 is 12.5. The Labute approximate surface area is 206 Å². The van der Waals surface area contributed by atoms with Crippen LogP contribution in [0.25, 0.3) is 22.6 Å². The van der Waals surface area contributed by atoms with Gasteiger partial charge in [0.05, 0.1) is 14.9 Å². The molecule has 4 aromatic rings. The molecule has 0 amide bonds. The zero-order valence-corrected chi connectivity index (χ0v) is 20.1. The first kappa shape index (κ1) is 22.9.